The molecule has 0 amide bonds. The summed E-state index contributed by atoms with van der Waals surface area (Å²) in [6.45, 7) is 0.993. The van der Waals surface area contributed by atoms with Crippen molar-refractivity contribution in [2.24, 2.45) is 0 Å². The van der Waals surface area contributed by atoms with Crippen molar-refractivity contribution >= 4 is 10.8 Å². The number of aromatic nitrogens is 1. The maximum Gasteiger partial charge on any atom is 0.270 e. The summed E-state index contributed by atoms with van der Waals surface area (Å²) in [4.78, 5) is 7.47. The Labute approximate surface area is 97.8 Å². The molecule has 0 atom stereocenters. The summed E-state index contributed by atoms with van der Waals surface area (Å²) >= 11 is 0. The van der Waals surface area contributed by atoms with E-state index in [-0.39, 0.29) is 5.88 Å². The second kappa shape index (κ2) is 5.45. The van der Waals surface area contributed by atoms with Gasteiger partial charge in [-0.3, -0.25) is 4.94 Å². The molecule has 0 radical (unpaired) electrons. The molecule has 0 aliphatic rings. The smallest absolute Gasteiger partial charge is 0.270 e. The van der Waals surface area contributed by atoms with Gasteiger partial charge in [0.15, 0.2) is 0 Å². The van der Waals surface area contributed by atoms with Crippen molar-refractivity contribution in [1.82, 2.24) is 4.98 Å². The van der Waals surface area contributed by atoms with Crippen molar-refractivity contribution < 1.29 is 18.9 Å². The number of fused-ring (bicyclic) bond motifs is 1. The van der Waals surface area contributed by atoms with Gasteiger partial charge in [0.1, 0.15) is 12.4 Å². The number of rotatable bonds is 5. The average Bonchev–Trinajstić information content (AvgIpc) is 2.38. The van der Waals surface area contributed by atoms with Gasteiger partial charge in [0.05, 0.1) is 6.61 Å². The molecule has 2 rings (SSSR count). The molecule has 0 saturated heterocycles. The van der Waals surface area contributed by atoms with Gasteiger partial charge in [-0.1, -0.05) is 0 Å². The van der Waals surface area contributed by atoms with E-state index in [0.717, 1.165) is 5.39 Å². The van der Waals surface area contributed by atoms with Crippen LogP contribution in [0.4, 0.5) is 4.53 Å². The number of methoxy groups -OCH3 is 1. The van der Waals surface area contributed by atoms with Crippen LogP contribution in [-0.2, 0) is 4.74 Å². The molecule has 90 valence electrons. The summed E-state index contributed by atoms with van der Waals surface area (Å²) in [7, 11) is 1.61. The van der Waals surface area contributed by atoms with E-state index in [1.165, 1.54) is 6.20 Å². The van der Waals surface area contributed by atoms with Crippen LogP contribution in [0.2, 0.25) is 0 Å². The van der Waals surface area contributed by atoms with Crippen LogP contribution in [0, 0.1) is 0 Å². The molecule has 2 aromatic rings. The Hall–Kier alpha value is -1.88. The SMILES string of the molecule is COCCOc1ccc2c(OF)nccc2c1. The standard InChI is InChI=1S/C12H12FNO3/c1-15-6-7-16-10-2-3-11-9(8-10)4-5-14-12(11)17-13/h2-5,8H,6-7H2,1H3. The fourth-order valence-corrected chi connectivity index (χ4v) is 1.52. The normalized spacial score (nSPS) is 10.5. The minimum atomic E-state index is -0.0362. The van der Waals surface area contributed by atoms with Crippen LogP contribution in [0.3, 0.4) is 0 Å². The summed E-state index contributed by atoms with van der Waals surface area (Å²) < 4.78 is 22.5. The first-order valence-corrected chi connectivity index (χ1v) is 5.14. The number of hydrogen-bond acceptors (Lipinski definition) is 4. The summed E-state index contributed by atoms with van der Waals surface area (Å²) in [5, 5.41) is 1.41. The van der Waals surface area contributed by atoms with Crippen molar-refractivity contribution in [1.29, 1.82) is 0 Å². The first kappa shape index (κ1) is 11.6. The molecule has 0 fully saturated rings. The number of halogens is 1. The van der Waals surface area contributed by atoms with Crippen molar-refractivity contribution in [3.63, 3.8) is 0 Å². The third kappa shape index (κ3) is 2.62. The van der Waals surface area contributed by atoms with Crippen LogP contribution >= 0.6 is 0 Å². The molecule has 0 bridgehead atoms. The number of nitrogens with zero attached hydrogens (tertiary/aromatic N) is 1. The molecule has 1 heterocycles. The lowest BCUT2D eigenvalue weighted by atomic mass is 10.1. The van der Waals surface area contributed by atoms with E-state index >= 15 is 0 Å². The van der Waals surface area contributed by atoms with Crippen LogP contribution in [0.5, 0.6) is 11.6 Å². The highest BCUT2D eigenvalue weighted by Crippen LogP contribution is 2.26. The quantitative estimate of drug-likeness (QED) is 0.749. The Morgan fingerprint density at radius 3 is 2.88 bits per heavy atom. The molecule has 0 aliphatic heterocycles. The zero-order valence-electron chi connectivity index (χ0n) is 9.35. The maximum atomic E-state index is 12.2. The van der Waals surface area contributed by atoms with Crippen molar-refractivity contribution in [2.45, 2.75) is 0 Å². The molecule has 17 heavy (non-hydrogen) atoms. The third-order valence-corrected chi connectivity index (χ3v) is 2.33. The van der Waals surface area contributed by atoms with E-state index in [2.05, 4.69) is 9.93 Å². The van der Waals surface area contributed by atoms with Gasteiger partial charge in [-0.2, -0.15) is 0 Å². The van der Waals surface area contributed by atoms with Crippen molar-refractivity contribution in [3.05, 3.63) is 30.5 Å². The average molecular weight is 237 g/mol. The number of pyridine rings is 1. The molecular formula is C12H12FNO3. The van der Waals surface area contributed by atoms with E-state index in [1.807, 2.05) is 0 Å². The third-order valence-electron chi connectivity index (χ3n) is 2.33. The summed E-state index contributed by atoms with van der Waals surface area (Å²) in [5.74, 6) is 0.663. The van der Waals surface area contributed by atoms with Gasteiger partial charge in [-0.15, -0.1) is 0 Å². The highest BCUT2D eigenvalue weighted by Gasteiger charge is 2.05. The van der Waals surface area contributed by atoms with Gasteiger partial charge in [-0.25, -0.2) is 4.98 Å². The molecule has 0 saturated carbocycles. The topological polar surface area (TPSA) is 40.6 Å². The predicted molar refractivity (Wildman–Crippen MR) is 60.9 cm³/mol. The fraction of sp³-hybridized carbons (Fsp3) is 0.250. The van der Waals surface area contributed by atoms with Crippen LogP contribution in [-0.4, -0.2) is 25.3 Å². The summed E-state index contributed by atoms with van der Waals surface area (Å²) in [5.41, 5.74) is 0. The van der Waals surface area contributed by atoms with Crippen molar-refractivity contribution in [3.8, 4) is 11.6 Å². The largest absolute Gasteiger partial charge is 0.491 e. The van der Waals surface area contributed by atoms with Gasteiger partial charge >= 0.3 is 0 Å². The zero-order valence-corrected chi connectivity index (χ0v) is 9.35. The Kier molecular flexibility index (Phi) is 3.72. The second-order valence-corrected chi connectivity index (χ2v) is 3.42. The molecule has 4 nitrogen and oxygen atoms in total. The number of benzene rings is 1. The van der Waals surface area contributed by atoms with E-state index in [0.29, 0.717) is 24.3 Å². The first-order chi connectivity index (χ1) is 8.35. The van der Waals surface area contributed by atoms with Gasteiger partial charge in [0, 0.05) is 23.2 Å². The Morgan fingerprint density at radius 2 is 2.12 bits per heavy atom. The summed E-state index contributed by atoms with van der Waals surface area (Å²) in [6, 6.07) is 7.01. The monoisotopic (exact) mass is 237 g/mol. The lowest BCUT2D eigenvalue weighted by molar-refractivity contribution is -0.00972. The van der Waals surface area contributed by atoms with Crippen LogP contribution in [0.25, 0.3) is 10.8 Å². The molecule has 0 N–H and O–H groups in total. The van der Waals surface area contributed by atoms with E-state index in [1.54, 1.807) is 31.4 Å². The minimum Gasteiger partial charge on any atom is -0.491 e. The highest BCUT2D eigenvalue weighted by atomic mass is 19.3. The van der Waals surface area contributed by atoms with Crippen molar-refractivity contribution in [2.75, 3.05) is 20.3 Å². The molecule has 1 aromatic heterocycles. The second-order valence-electron chi connectivity index (χ2n) is 3.42. The van der Waals surface area contributed by atoms with Gasteiger partial charge in [0.25, 0.3) is 5.88 Å². The molecule has 5 heteroatoms. The first-order valence-electron chi connectivity index (χ1n) is 5.14. The summed E-state index contributed by atoms with van der Waals surface area (Å²) in [6.07, 6.45) is 1.48. The van der Waals surface area contributed by atoms with Gasteiger partial charge in [0.2, 0.25) is 0 Å². The molecule has 0 aliphatic carbocycles. The predicted octanol–water partition coefficient (Wildman–Crippen LogP) is 2.52. The number of hydrogen-bond donors (Lipinski definition) is 0. The van der Waals surface area contributed by atoms with Crippen LogP contribution < -0.4 is 9.68 Å². The fourth-order valence-electron chi connectivity index (χ4n) is 1.52. The zero-order chi connectivity index (χ0) is 12.1. The Morgan fingerprint density at radius 1 is 1.24 bits per heavy atom. The van der Waals surface area contributed by atoms with E-state index in [9.17, 15) is 4.53 Å². The molecule has 0 unspecified atom stereocenters. The van der Waals surface area contributed by atoms with Gasteiger partial charge in [-0.05, 0) is 29.7 Å². The maximum absolute atomic E-state index is 12.2. The highest BCUT2D eigenvalue weighted by molar-refractivity contribution is 5.87. The van der Waals surface area contributed by atoms with E-state index in [4.69, 9.17) is 9.47 Å². The Balaban J connectivity index is 2.25. The molecule has 0 spiro atoms. The molecular weight excluding hydrogens is 225 g/mol. The lowest BCUT2D eigenvalue weighted by Crippen LogP contribution is -2.04. The number of ether oxygens (including phenoxy) is 2. The van der Waals surface area contributed by atoms with E-state index < -0.39 is 0 Å². The van der Waals surface area contributed by atoms with Gasteiger partial charge < -0.3 is 9.47 Å². The van der Waals surface area contributed by atoms with Crippen LogP contribution in [0.1, 0.15) is 0 Å². The lowest BCUT2D eigenvalue weighted by Gasteiger charge is -2.07. The Bertz CT molecular complexity index is 504. The van der Waals surface area contributed by atoms with Crippen LogP contribution in [0.15, 0.2) is 30.5 Å². The minimum absolute atomic E-state index is 0.0362. The molecule has 1 aromatic carbocycles.